The molecule has 98 valence electrons. The molecule has 2 aliphatic rings. The van der Waals surface area contributed by atoms with Crippen molar-refractivity contribution in [2.75, 3.05) is 18.5 Å². The molecule has 1 saturated heterocycles. The van der Waals surface area contributed by atoms with Crippen LogP contribution in [0.25, 0.3) is 0 Å². The van der Waals surface area contributed by atoms with Gasteiger partial charge in [0.1, 0.15) is 11.2 Å². The van der Waals surface area contributed by atoms with Crippen molar-refractivity contribution < 1.29 is 14.6 Å². The highest BCUT2D eigenvalue weighted by molar-refractivity contribution is 7.09. The molecule has 0 amide bonds. The fourth-order valence-corrected chi connectivity index (χ4v) is 2.73. The number of carboxylic acid groups (broad SMARTS) is 1. The molecule has 3 rings (SSSR count). The number of hydrogen-bond acceptors (Lipinski definition) is 6. The maximum Gasteiger partial charge on any atom is 0.313 e. The summed E-state index contributed by atoms with van der Waals surface area (Å²) >= 11 is 1.30. The highest BCUT2D eigenvalue weighted by atomic mass is 32.1. The standard InChI is InChI=1S/C11H15N3O3S/c1-11(9(15)16)5-17-4-7(11)12-10-13-8(14-18-10)6-2-3-6/h6-7H,2-5H2,1H3,(H,15,16)(H,12,13,14). The molecule has 1 aromatic rings. The third-order valence-corrected chi connectivity index (χ3v) is 4.29. The van der Waals surface area contributed by atoms with Crippen molar-refractivity contribution in [1.29, 1.82) is 0 Å². The summed E-state index contributed by atoms with van der Waals surface area (Å²) in [5.41, 5.74) is -0.897. The molecule has 0 bridgehead atoms. The van der Waals surface area contributed by atoms with Crippen molar-refractivity contribution in [3.05, 3.63) is 5.82 Å². The third kappa shape index (κ3) is 1.97. The van der Waals surface area contributed by atoms with Gasteiger partial charge in [0, 0.05) is 17.5 Å². The molecule has 6 nitrogen and oxygen atoms in total. The van der Waals surface area contributed by atoms with E-state index in [9.17, 15) is 9.90 Å². The number of carboxylic acids is 1. The number of anilines is 1. The van der Waals surface area contributed by atoms with E-state index in [1.165, 1.54) is 11.5 Å². The largest absolute Gasteiger partial charge is 0.481 e. The van der Waals surface area contributed by atoms with Gasteiger partial charge >= 0.3 is 5.97 Å². The predicted octanol–water partition coefficient (Wildman–Crippen LogP) is 1.32. The van der Waals surface area contributed by atoms with Crippen LogP contribution in [-0.4, -0.2) is 39.7 Å². The smallest absolute Gasteiger partial charge is 0.313 e. The average molecular weight is 269 g/mol. The van der Waals surface area contributed by atoms with E-state index in [1.54, 1.807) is 6.92 Å². The maximum atomic E-state index is 11.3. The molecule has 1 aliphatic heterocycles. The molecule has 1 aromatic heterocycles. The number of carbonyl (C=O) groups is 1. The second-order valence-electron chi connectivity index (χ2n) is 5.17. The molecule has 7 heteroatoms. The van der Waals surface area contributed by atoms with Crippen LogP contribution in [-0.2, 0) is 9.53 Å². The summed E-state index contributed by atoms with van der Waals surface area (Å²) in [6.07, 6.45) is 2.32. The number of hydrogen-bond donors (Lipinski definition) is 2. The van der Waals surface area contributed by atoms with Crippen molar-refractivity contribution in [1.82, 2.24) is 9.36 Å². The zero-order valence-electron chi connectivity index (χ0n) is 10.0. The van der Waals surface area contributed by atoms with Gasteiger partial charge in [-0.3, -0.25) is 4.79 Å². The van der Waals surface area contributed by atoms with Crippen molar-refractivity contribution in [3.63, 3.8) is 0 Å². The lowest BCUT2D eigenvalue weighted by Gasteiger charge is -2.24. The minimum Gasteiger partial charge on any atom is -0.481 e. The Bertz CT molecular complexity index is 474. The van der Waals surface area contributed by atoms with E-state index < -0.39 is 11.4 Å². The highest BCUT2D eigenvalue weighted by Gasteiger charge is 2.47. The van der Waals surface area contributed by atoms with Gasteiger partial charge in [0.05, 0.1) is 19.3 Å². The first-order chi connectivity index (χ1) is 8.59. The summed E-state index contributed by atoms with van der Waals surface area (Å²) in [5.74, 6) is 0.561. The summed E-state index contributed by atoms with van der Waals surface area (Å²) in [6.45, 7) is 2.32. The van der Waals surface area contributed by atoms with E-state index in [0.29, 0.717) is 17.7 Å². The van der Waals surface area contributed by atoms with Gasteiger partial charge in [0.15, 0.2) is 0 Å². The topological polar surface area (TPSA) is 84.3 Å². The predicted molar refractivity (Wildman–Crippen MR) is 65.9 cm³/mol. The minimum absolute atomic E-state index is 0.230. The summed E-state index contributed by atoms with van der Waals surface area (Å²) in [7, 11) is 0. The van der Waals surface area contributed by atoms with Crippen LogP contribution in [0.15, 0.2) is 0 Å². The second kappa shape index (κ2) is 4.17. The van der Waals surface area contributed by atoms with Gasteiger partial charge in [-0.05, 0) is 19.8 Å². The van der Waals surface area contributed by atoms with E-state index in [2.05, 4.69) is 14.7 Å². The van der Waals surface area contributed by atoms with Gasteiger partial charge in [-0.1, -0.05) is 0 Å². The fourth-order valence-electron chi connectivity index (χ4n) is 2.03. The Hall–Kier alpha value is -1.21. The molecule has 2 unspecified atom stereocenters. The monoisotopic (exact) mass is 269 g/mol. The van der Waals surface area contributed by atoms with Gasteiger partial charge in [-0.25, -0.2) is 4.98 Å². The van der Waals surface area contributed by atoms with Crippen molar-refractivity contribution in [3.8, 4) is 0 Å². The molecular formula is C11H15N3O3S. The number of aromatic nitrogens is 2. The molecule has 2 N–H and O–H groups in total. The van der Waals surface area contributed by atoms with Gasteiger partial charge < -0.3 is 15.2 Å². The van der Waals surface area contributed by atoms with Crippen LogP contribution in [0.5, 0.6) is 0 Å². The first-order valence-electron chi connectivity index (χ1n) is 6.01. The quantitative estimate of drug-likeness (QED) is 0.857. The Morgan fingerprint density at radius 2 is 2.39 bits per heavy atom. The molecular weight excluding hydrogens is 254 g/mol. The molecule has 2 heterocycles. The highest BCUT2D eigenvalue weighted by Crippen LogP contribution is 2.40. The van der Waals surface area contributed by atoms with Crippen LogP contribution in [0.3, 0.4) is 0 Å². The summed E-state index contributed by atoms with van der Waals surface area (Å²) in [5, 5.41) is 13.1. The maximum absolute atomic E-state index is 11.3. The average Bonchev–Trinajstić information content (AvgIpc) is 2.97. The molecule has 2 fully saturated rings. The zero-order valence-corrected chi connectivity index (χ0v) is 10.9. The summed E-state index contributed by atoms with van der Waals surface area (Å²) < 4.78 is 9.58. The Morgan fingerprint density at radius 1 is 1.61 bits per heavy atom. The van der Waals surface area contributed by atoms with E-state index in [4.69, 9.17) is 4.74 Å². The fraction of sp³-hybridized carbons (Fsp3) is 0.727. The normalized spacial score (nSPS) is 31.5. The van der Waals surface area contributed by atoms with E-state index in [0.717, 1.165) is 18.7 Å². The van der Waals surface area contributed by atoms with Crippen LogP contribution in [0.1, 0.15) is 31.5 Å². The third-order valence-electron chi connectivity index (χ3n) is 3.63. The number of rotatable bonds is 4. The minimum atomic E-state index is -0.897. The van der Waals surface area contributed by atoms with Crippen LogP contribution >= 0.6 is 11.5 Å². The Kier molecular flexibility index (Phi) is 2.74. The Balaban J connectivity index is 1.72. The molecule has 0 aromatic carbocycles. The first kappa shape index (κ1) is 11.9. The lowest BCUT2D eigenvalue weighted by Crippen LogP contribution is -2.43. The van der Waals surface area contributed by atoms with E-state index in [1.807, 2.05) is 0 Å². The Morgan fingerprint density at radius 3 is 3.06 bits per heavy atom. The summed E-state index contributed by atoms with van der Waals surface area (Å²) in [4.78, 5) is 15.7. The van der Waals surface area contributed by atoms with Crippen molar-refractivity contribution >= 4 is 22.6 Å². The van der Waals surface area contributed by atoms with Crippen LogP contribution in [0, 0.1) is 5.41 Å². The molecule has 2 atom stereocenters. The SMILES string of the molecule is CC1(C(=O)O)COCC1Nc1nc(C2CC2)ns1. The lowest BCUT2D eigenvalue weighted by atomic mass is 9.85. The van der Waals surface area contributed by atoms with Gasteiger partial charge in [0.2, 0.25) is 5.13 Å². The van der Waals surface area contributed by atoms with Crippen LogP contribution in [0.2, 0.25) is 0 Å². The van der Waals surface area contributed by atoms with Crippen LogP contribution < -0.4 is 5.32 Å². The number of nitrogens with zero attached hydrogens (tertiary/aromatic N) is 2. The first-order valence-corrected chi connectivity index (χ1v) is 6.78. The number of aliphatic carboxylic acids is 1. The molecule has 18 heavy (non-hydrogen) atoms. The van der Waals surface area contributed by atoms with Crippen molar-refractivity contribution in [2.24, 2.45) is 5.41 Å². The van der Waals surface area contributed by atoms with E-state index >= 15 is 0 Å². The second-order valence-corrected chi connectivity index (χ2v) is 5.92. The molecule has 1 aliphatic carbocycles. The van der Waals surface area contributed by atoms with Crippen LogP contribution in [0.4, 0.5) is 5.13 Å². The number of nitrogens with one attached hydrogen (secondary N) is 1. The van der Waals surface area contributed by atoms with Gasteiger partial charge in [-0.2, -0.15) is 4.37 Å². The van der Waals surface area contributed by atoms with E-state index in [-0.39, 0.29) is 12.6 Å². The summed E-state index contributed by atoms with van der Waals surface area (Å²) in [6, 6.07) is -0.255. The van der Waals surface area contributed by atoms with Gasteiger partial charge in [0.25, 0.3) is 0 Å². The lowest BCUT2D eigenvalue weighted by molar-refractivity contribution is -0.148. The van der Waals surface area contributed by atoms with Gasteiger partial charge in [-0.15, -0.1) is 0 Å². The number of ether oxygens (including phenoxy) is 1. The Labute approximate surface area is 109 Å². The molecule has 1 saturated carbocycles. The molecule has 0 spiro atoms. The van der Waals surface area contributed by atoms with Crippen molar-refractivity contribution in [2.45, 2.75) is 31.7 Å². The molecule has 0 radical (unpaired) electrons. The zero-order chi connectivity index (χ0) is 12.8.